The van der Waals surface area contributed by atoms with E-state index < -0.39 is 0 Å². The third-order valence-corrected chi connectivity index (χ3v) is 5.48. The van der Waals surface area contributed by atoms with Crippen molar-refractivity contribution in [3.05, 3.63) is 101 Å². The highest BCUT2D eigenvalue weighted by atomic mass is 16.3. The zero-order valence-electron chi connectivity index (χ0n) is 17.9. The molecule has 1 heterocycles. The highest BCUT2D eigenvalue weighted by Crippen LogP contribution is 2.33. The number of phenols is 1. The van der Waals surface area contributed by atoms with Crippen molar-refractivity contribution in [3.8, 4) is 16.9 Å². The van der Waals surface area contributed by atoms with Crippen LogP contribution in [0.15, 0.2) is 83.3 Å². The number of phenolic OH excluding ortho intramolecular Hbond substituents is 1. The summed E-state index contributed by atoms with van der Waals surface area (Å²) in [6.45, 7) is 8.13. The number of hydrogen-bond donors (Lipinski definition) is 1. The van der Waals surface area contributed by atoms with E-state index in [4.69, 9.17) is 4.42 Å². The van der Waals surface area contributed by atoms with Gasteiger partial charge in [-0.1, -0.05) is 84.4 Å². The summed E-state index contributed by atoms with van der Waals surface area (Å²) >= 11 is 0. The first-order valence-electron chi connectivity index (χ1n) is 10.2. The maximum Gasteiger partial charge on any atom is 0.138 e. The molecule has 0 bridgehead atoms. The molecule has 0 saturated heterocycles. The van der Waals surface area contributed by atoms with Crippen molar-refractivity contribution in [1.82, 2.24) is 0 Å². The number of hydrogen-bond acceptors (Lipinski definition) is 2. The highest BCUT2D eigenvalue weighted by molar-refractivity contribution is 6.06. The molecular formula is C28H26O2. The van der Waals surface area contributed by atoms with E-state index in [1.807, 2.05) is 37.3 Å². The first-order chi connectivity index (χ1) is 14.5. The lowest BCUT2D eigenvalue weighted by molar-refractivity contribution is 0.473. The average molecular weight is 395 g/mol. The number of aryl methyl sites for hydroxylation is 4. The van der Waals surface area contributed by atoms with Gasteiger partial charge >= 0.3 is 0 Å². The van der Waals surface area contributed by atoms with Crippen LogP contribution >= 0.6 is 0 Å². The Labute approximate surface area is 177 Å². The van der Waals surface area contributed by atoms with Gasteiger partial charge in [-0.25, -0.2) is 0 Å². The number of para-hydroxylation sites is 3. The van der Waals surface area contributed by atoms with Crippen LogP contribution in [0.4, 0.5) is 0 Å². The van der Waals surface area contributed by atoms with E-state index in [9.17, 15) is 5.11 Å². The molecule has 0 fully saturated rings. The lowest BCUT2D eigenvalue weighted by atomic mass is 10.0. The number of rotatable bonds is 1. The topological polar surface area (TPSA) is 33.4 Å². The van der Waals surface area contributed by atoms with Gasteiger partial charge in [0.1, 0.15) is 16.9 Å². The van der Waals surface area contributed by atoms with E-state index in [0.717, 1.165) is 27.9 Å². The second-order valence-corrected chi connectivity index (χ2v) is 7.85. The summed E-state index contributed by atoms with van der Waals surface area (Å²) in [4.78, 5) is 0. The molecule has 0 saturated carbocycles. The second kappa shape index (κ2) is 8.08. The largest absolute Gasteiger partial charge is 0.507 e. The van der Waals surface area contributed by atoms with Crippen molar-refractivity contribution in [2.24, 2.45) is 0 Å². The summed E-state index contributed by atoms with van der Waals surface area (Å²) in [5.74, 6) is 0.378. The van der Waals surface area contributed by atoms with Gasteiger partial charge in [0, 0.05) is 16.3 Å². The van der Waals surface area contributed by atoms with E-state index in [2.05, 4.69) is 69.3 Å². The predicted molar refractivity (Wildman–Crippen MR) is 126 cm³/mol. The molecular weight excluding hydrogens is 368 g/mol. The molecule has 0 spiro atoms. The lowest BCUT2D eigenvalue weighted by Gasteiger charge is -2.07. The van der Waals surface area contributed by atoms with Crippen LogP contribution in [0, 0.1) is 27.7 Å². The minimum Gasteiger partial charge on any atom is -0.507 e. The van der Waals surface area contributed by atoms with E-state index in [0.29, 0.717) is 5.75 Å². The Hall–Kier alpha value is -3.52. The number of furan rings is 1. The van der Waals surface area contributed by atoms with Gasteiger partial charge in [0.15, 0.2) is 0 Å². The normalized spacial score (nSPS) is 10.8. The molecule has 0 unspecified atom stereocenters. The lowest BCUT2D eigenvalue weighted by Crippen LogP contribution is -1.82. The molecule has 0 aliphatic carbocycles. The van der Waals surface area contributed by atoms with Crippen LogP contribution in [-0.4, -0.2) is 5.11 Å². The van der Waals surface area contributed by atoms with Gasteiger partial charge in [-0.15, -0.1) is 0 Å². The van der Waals surface area contributed by atoms with Crippen molar-refractivity contribution < 1.29 is 9.52 Å². The van der Waals surface area contributed by atoms with Crippen molar-refractivity contribution in [1.29, 1.82) is 0 Å². The van der Waals surface area contributed by atoms with Gasteiger partial charge in [0.05, 0.1) is 0 Å². The number of aromatic hydroxyl groups is 1. The van der Waals surface area contributed by atoms with Gasteiger partial charge in [-0.05, 0) is 49.9 Å². The molecule has 5 aromatic rings. The van der Waals surface area contributed by atoms with E-state index in [1.165, 1.54) is 27.5 Å². The molecule has 5 rings (SSSR count). The highest BCUT2D eigenvalue weighted by Gasteiger charge is 2.09. The van der Waals surface area contributed by atoms with Gasteiger partial charge in [0.2, 0.25) is 0 Å². The fourth-order valence-electron chi connectivity index (χ4n) is 3.81. The van der Waals surface area contributed by atoms with Crippen LogP contribution in [0.25, 0.3) is 33.1 Å². The molecule has 4 aromatic carbocycles. The van der Waals surface area contributed by atoms with Crippen molar-refractivity contribution >= 4 is 21.9 Å². The van der Waals surface area contributed by atoms with Crippen molar-refractivity contribution in [3.63, 3.8) is 0 Å². The van der Waals surface area contributed by atoms with Crippen LogP contribution < -0.4 is 0 Å². The van der Waals surface area contributed by atoms with Crippen molar-refractivity contribution in [2.75, 3.05) is 0 Å². The minimum absolute atomic E-state index is 0.378. The van der Waals surface area contributed by atoms with E-state index in [1.54, 1.807) is 0 Å². The third kappa shape index (κ3) is 3.69. The summed E-state index contributed by atoms with van der Waals surface area (Å²) in [6, 6.07) is 26.5. The van der Waals surface area contributed by atoms with Crippen LogP contribution in [-0.2, 0) is 0 Å². The number of fused-ring (bicyclic) bond motifs is 3. The van der Waals surface area contributed by atoms with Crippen molar-refractivity contribution in [2.45, 2.75) is 27.7 Å². The van der Waals surface area contributed by atoms with Gasteiger partial charge in [-0.3, -0.25) is 0 Å². The Kier molecular flexibility index (Phi) is 5.33. The zero-order chi connectivity index (χ0) is 21.3. The summed E-state index contributed by atoms with van der Waals surface area (Å²) < 4.78 is 5.91. The molecule has 0 aliphatic heterocycles. The van der Waals surface area contributed by atoms with Gasteiger partial charge in [0.25, 0.3) is 0 Å². The maximum atomic E-state index is 9.94. The molecule has 30 heavy (non-hydrogen) atoms. The number of benzene rings is 4. The SMILES string of the molecule is Cc1cccc(-c2cccc(C)c2O)c1.Cc1cccc2c1oc1c(C)cccc12. The standard InChI is InChI=1S/C14H12O.C14H14O/c1-9-5-3-7-11-12-8-4-6-10(2)14(12)15-13(9)11;1-10-5-3-7-12(9-10)13-8-4-6-11(2)14(13)15/h3-8H,1-2H3;3-9,15H,1-2H3. The van der Waals surface area contributed by atoms with Gasteiger partial charge < -0.3 is 9.52 Å². The first kappa shape index (κ1) is 19.8. The zero-order valence-corrected chi connectivity index (χ0v) is 17.9. The Bertz CT molecular complexity index is 1290. The fourth-order valence-corrected chi connectivity index (χ4v) is 3.81. The van der Waals surface area contributed by atoms with E-state index >= 15 is 0 Å². The molecule has 0 aliphatic rings. The Morgan fingerprint density at radius 2 is 1.13 bits per heavy atom. The summed E-state index contributed by atoms with van der Waals surface area (Å²) in [6.07, 6.45) is 0. The molecule has 2 heteroatoms. The van der Waals surface area contributed by atoms with Crippen LogP contribution in [0.1, 0.15) is 22.3 Å². The van der Waals surface area contributed by atoms with Crippen LogP contribution in [0.3, 0.4) is 0 Å². The Morgan fingerprint density at radius 1 is 0.600 bits per heavy atom. The average Bonchev–Trinajstić information content (AvgIpc) is 3.12. The van der Waals surface area contributed by atoms with Crippen LogP contribution in [0.5, 0.6) is 5.75 Å². The van der Waals surface area contributed by atoms with Crippen LogP contribution in [0.2, 0.25) is 0 Å². The van der Waals surface area contributed by atoms with E-state index in [-0.39, 0.29) is 0 Å². The molecule has 1 aromatic heterocycles. The molecule has 0 amide bonds. The van der Waals surface area contributed by atoms with Gasteiger partial charge in [-0.2, -0.15) is 0 Å². The monoisotopic (exact) mass is 394 g/mol. The fraction of sp³-hybridized carbons (Fsp3) is 0.143. The summed E-state index contributed by atoms with van der Waals surface area (Å²) in [7, 11) is 0. The maximum absolute atomic E-state index is 9.94. The molecule has 1 N–H and O–H groups in total. The third-order valence-electron chi connectivity index (χ3n) is 5.48. The predicted octanol–water partition coefficient (Wildman–Crippen LogP) is 7.88. The molecule has 2 nitrogen and oxygen atoms in total. The molecule has 0 atom stereocenters. The smallest absolute Gasteiger partial charge is 0.138 e. The summed E-state index contributed by atoms with van der Waals surface area (Å²) in [5.41, 5.74) is 8.51. The molecule has 0 radical (unpaired) electrons. The second-order valence-electron chi connectivity index (χ2n) is 7.85. The summed E-state index contributed by atoms with van der Waals surface area (Å²) in [5, 5.41) is 12.4. The minimum atomic E-state index is 0.378. The Balaban J connectivity index is 0.000000145. The quantitative estimate of drug-likeness (QED) is 0.314. The molecule has 150 valence electrons. The Morgan fingerprint density at radius 3 is 1.73 bits per heavy atom. The first-order valence-corrected chi connectivity index (χ1v) is 10.2.